The molecule has 0 aromatic heterocycles. The Bertz CT molecular complexity index is 236. The van der Waals surface area contributed by atoms with Gasteiger partial charge >= 0.3 is 0 Å². The van der Waals surface area contributed by atoms with Crippen molar-refractivity contribution in [1.29, 1.82) is 0 Å². The van der Waals surface area contributed by atoms with Crippen LogP contribution < -0.4 is 11.1 Å². The highest BCUT2D eigenvalue weighted by atomic mass is 32.2. The minimum absolute atomic E-state index is 0.135. The van der Waals surface area contributed by atoms with Gasteiger partial charge in [-0.15, -0.1) is 0 Å². The van der Waals surface area contributed by atoms with Crippen LogP contribution in [-0.2, 0) is 15.6 Å². The Balaban J connectivity index is 3.80. The fourth-order valence-electron chi connectivity index (χ4n) is 0.990. The molecule has 3 N–H and O–H groups in total. The van der Waals surface area contributed by atoms with E-state index >= 15 is 0 Å². The van der Waals surface area contributed by atoms with E-state index in [2.05, 4.69) is 5.32 Å². The van der Waals surface area contributed by atoms with Crippen molar-refractivity contribution in [3.8, 4) is 0 Å². The average molecular weight is 234 g/mol. The van der Waals surface area contributed by atoms with E-state index in [0.29, 0.717) is 12.3 Å². The molecule has 1 amide bonds. The van der Waals surface area contributed by atoms with Crippen LogP contribution in [-0.4, -0.2) is 34.7 Å². The molecule has 90 valence electrons. The monoisotopic (exact) mass is 234 g/mol. The van der Waals surface area contributed by atoms with Gasteiger partial charge in [0, 0.05) is 29.4 Å². The number of amides is 1. The summed E-state index contributed by atoms with van der Waals surface area (Å²) in [5.41, 5.74) is 5.54. The molecule has 0 bridgehead atoms. The lowest BCUT2D eigenvalue weighted by molar-refractivity contribution is -0.124. The minimum atomic E-state index is -0.791. The molecular formula is C10H22N2O2S. The van der Waals surface area contributed by atoms with Gasteiger partial charge in [-0.25, -0.2) is 0 Å². The van der Waals surface area contributed by atoms with Crippen molar-refractivity contribution in [1.82, 2.24) is 5.32 Å². The number of carbonyl (C=O) groups excluding carboxylic acids is 1. The number of hydrogen-bond donors (Lipinski definition) is 2. The van der Waals surface area contributed by atoms with Crippen molar-refractivity contribution >= 4 is 16.7 Å². The highest BCUT2D eigenvalue weighted by Gasteiger charge is 2.26. The molecule has 0 aromatic rings. The van der Waals surface area contributed by atoms with E-state index in [1.54, 1.807) is 6.26 Å². The maximum atomic E-state index is 11.5. The molecule has 0 aliphatic carbocycles. The number of hydrogen-bond acceptors (Lipinski definition) is 3. The van der Waals surface area contributed by atoms with Crippen LogP contribution in [0.3, 0.4) is 0 Å². The van der Waals surface area contributed by atoms with Crippen LogP contribution in [0.1, 0.15) is 27.2 Å². The van der Waals surface area contributed by atoms with Crippen LogP contribution in [0.4, 0.5) is 0 Å². The second-order valence-electron chi connectivity index (χ2n) is 4.77. The van der Waals surface area contributed by atoms with Gasteiger partial charge in [-0.1, -0.05) is 20.8 Å². The van der Waals surface area contributed by atoms with Gasteiger partial charge in [-0.05, 0) is 11.8 Å². The molecule has 2 atom stereocenters. The zero-order valence-electron chi connectivity index (χ0n) is 10.0. The first kappa shape index (κ1) is 14.6. The quantitative estimate of drug-likeness (QED) is 0.670. The van der Waals surface area contributed by atoms with Crippen molar-refractivity contribution in [3.05, 3.63) is 0 Å². The summed E-state index contributed by atoms with van der Waals surface area (Å²) in [5.74, 6) is 0.481. The second-order valence-corrected chi connectivity index (χ2v) is 6.32. The third kappa shape index (κ3) is 6.62. The summed E-state index contributed by atoms with van der Waals surface area (Å²) in [4.78, 5) is 11.5. The molecule has 2 unspecified atom stereocenters. The van der Waals surface area contributed by atoms with E-state index in [-0.39, 0.29) is 11.3 Å². The molecule has 0 rings (SSSR count). The summed E-state index contributed by atoms with van der Waals surface area (Å²) in [7, 11) is -0.791. The van der Waals surface area contributed by atoms with Crippen LogP contribution in [0.15, 0.2) is 0 Å². The second kappa shape index (κ2) is 6.23. The lowest BCUT2D eigenvalue weighted by atomic mass is 9.87. The lowest BCUT2D eigenvalue weighted by Crippen LogP contribution is -2.48. The van der Waals surface area contributed by atoms with Crippen LogP contribution in [0.25, 0.3) is 0 Å². The Morgan fingerprint density at radius 1 is 1.47 bits per heavy atom. The molecule has 0 aliphatic rings. The van der Waals surface area contributed by atoms with Crippen molar-refractivity contribution in [2.75, 3.05) is 18.6 Å². The summed E-state index contributed by atoms with van der Waals surface area (Å²) < 4.78 is 10.8. The maximum absolute atomic E-state index is 11.5. The number of nitrogens with one attached hydrogen (secondary N) is 1. The van der Waals surface area contributed by atoms with Crippen molar-refractivity contribution in [3.63, 3.8) is 0 Å². The lowest BCUT2D eigenvalue weighted by Gasteiger charge is -2.25. The Morgan fingerprint density at radius 2 is 2.00 bits per heavy atom. The summed E-state index contributed by atoms with van der Waals surface area (Å²) in [5, 5.41) is 2.75. The number of rotatable bonds is 5. The van der Waals surface area contributed by atoms with E-state index < -0.39 is 16.8 Å². The first-order valence-electron chi connectivity index (χ1n) is 5.08. The van der Waals surface area contributed by atoms with E-state index in [9.17, 15) is 9.00 Å². The minimum Gasteiger partial charge on any atom is -0.355 e. The summed E-state index contributed by atoms with van der Waals surface area (Å²) in [6, 6.07) is -0.496. The van der Waals surface area contributed by atoms with Crippen LogP contribution in [0.5, 0.6) is 0 Å². The molecule has 0 heterocycles. The molecule has 0 aliphatic heterocycles. The molecule has 5 heteroatoms. The summed E-state index contributed by atoms with van der Waals surface area (Å²) in [6.07, 6.45) is 2.38. The van der Waals surface area contributed by atoms with Gasteiger partial charge < -0.3 is 11.1 Å². The molecule has 4 nitrogen and oxygen atoms in total. The molecule has 0 aromatic carbocycles. The topological polar surface area (TPSA) is 72.2 Å². The predicted octanol–water partition coefficient (Wildman–Crippen LogP) is 0.245. The first-order valence-corrected chi connectivity index (χ1v) is 6.81. The Morgan fingerprint density at radius 3 is 2.40 bits per heavy atom. The number of carbonyl (C=O) groups is 1. The standard InChI is InChI=1S/C10H22N2O2S/c1-10(2,3)8(11)9(13)12-6-5-7-15(4)14/h8H,5-7,11H2,1-4H3,(H,12,13). The molecular weight excluding hydrogens is 212 g/mol. The van der Waals surface area contributed by atoms with Crippen molar-refractivity contribution in [2.45, 2.75) is 33.2 Å². The Labute approximate surface area is 94.4 Å². The average Bonchev–Trinajstić information content (AvgIpc) is 2.09. The first-order chi connectivity index (χ1) is 6.75. The summed E-state index contributed by atoms with van der Waals surface area (Å²) in [6.45, 7) is 6.33. The number of nitrogens with two attached hydrogens (primary N) is 1. The van der Waals surface area contributed by atoms with E-state index in [4.69, 9.17) is 5.73 Å². The van der Waals surface area contributed by atoms with Gasteiger partial charge in [-0.3, -0.25) is 9.00 Å². The third-order valence-electron chi connectivity index (χ3n) is 2.12. The van der Waals surface area contributed by atoms with Gasteiger partial charge in [0.25, 0.3) is 0 Å². The fraction of sp³-hybridized carbons (Fsp3) is 0.900. The van der Waals surface area contributed by atoms with Gasteiger partial charge in [0.2, 0.25) is 5.91 Å². The van der Waals surface area contributed by atoms with Gasteiger partial charge in [0.1, 0.15) is 0 Å². The molecule has 0 saturated heterocycles. The molecule has 0 radical (unpaired) electrons. The van der Waals surface area contributed by atoms with Gasteiger partial charge in [0.05, 0.1) is 6.04 Å². The third-order valence-corrected chi connectivity index (χ3v) is 2.99. The van der Waals surface area contributed by atoms with Crippen LogP contribution in [0, 0.1) is 5.41 Å². The SMILES string of the molecule is CS(=O)CCCNC(=O)C(N)C(C)(C)C. The van der Waals surface area contributed by atoms with Gasteiger partial charge in [-0.2, -0.15) is 0 Å². The van der Waals surface area contributed by atoms with Crippen LogP contribution >= 0.6 is 0 Å². The Kier molecular flexibility index (Phi) is 6.05. The summed E-state index contributed by atoms with van der Waals surface area (Å²) >= 11 is 0. The largest absolute Gasteiger partial charge is 0.355 e. The van der Waals surface area contributed by atoms with Crippen LogP contribution in [0.2, 0.25) is 0 Å². The maximum Gasteiger partial charge on any atom is 0.237 e. The Hall–Kier alpha value is -0.420. The smallest absolute Gasteiger partial charge is 0.237 e. The highest BCUT2D eigenvalue weighted by molar-refractivity contribution is 7.84. The molecule has 15 heavy (non-hydrogen) atoms. The normalized spacial score (nSPS) is 15.8. The van der Waals surface area contributed by atoms with Crippen molar-refractivity contribution in [2.24, 2.45) is 11.1 Å². The zero-order valence-corrected chi connectivity index (χ0v) is 10.8. The fourth-order valence-corrected chi connectivity index (χ4v) is 1.54. The van der Waals surface area contributed by atoms with E-state index in [0.717, 1.165) is 6.42 Å². The molecule has 0 spiro atoms. The zero-order chi connectivity index (χ0) is 12.1. The van der Waals surface area contributed by atoms with E-state index in [1.165, 1.54) is 0 Å². The van der Waals surface area contributed by atoms with Gasteiger partial charge in [0.15, 0.2) is 0 Å². The molecule has 0 fully saturated rings. The molecule has 0 saturated carbocycles. The van der Waals surface area contributed by atoms with E-state index in [1.807, 2.05) is 20.8 Å². The highest BCUT2D eigenvalue weighted by Crippen LogP contribution is 2.16. The van der Waals surface area contributed by atoms with Crippen molar-refractivity contribution < 1.29 is 9.00 Å². The predicted molar refractivity (Wildman–Crippen MR) is 64.0 cm³/mol.